The first kappa shape index (κ1) is 22.2. The van der Waals surface area contributed by atoms with Crippen molar-refractivity contribution in [2.24, 2.45) is 0 Å². The van der Waals surface area contributed by atoms with Crippen molar-refractivity contribution in [3.8, 4) is 11.5 Å². The number of allylic oxidation sites excluding steroid dienone is 4. The van der Waals surface area contributed by atoms with E-state index < -0.39 is 11.8 Å². The van der Waals surface area contributed by atoms with Crippen molar-refractivity contribution in [3.63, 3.8) is 0 Å². The van der Waals surface area contributed by atoms with Gasteiger partial charge in [0, 0.05) is 5.57 Å². The van der Waals surface area contributed by atoms with Gasteiger partial charge < -0.3 is 20.4 Å². The van der Waals surface area contributed by atoms with E-state index >= 15 is 0 Å². The molecule has 0 aliphatic carbocycles. The first-order valence-corrected chi connectivity index (χ1v) is 8.67. The number of carbonyl (C=O) groups excluding carboxylic acids is 1. The summed E-state index contributed by atoms with van der Waals surface area (Å²) < 4.78 is 0. The van der Waals surface area contributed by atoms with Gasteiger partial charge in [-0.3, -0.25) is 4.79 Å². The van der Waals surface area contributed by atoms with Gasteiger partial charge in [0.05, 0.1) is 12.2 Å². The Morgan fingerprint density at radius 1 is 1.00 bits per heavy atom. The lowest BCUT2D eigenvalue weighted by Crippen LogP contribution is -2.05. The molecule has 0 saturated heterocycles. The molecule has 0 fully saturated rings. The van der Waals surface area contributed by atoms with Crippen molar-refractivity contribution in [1.29, 1.82) is 0 Å². The summed E-state index contributed by atoms with van der Waals surface area (Å²) >= 11 is 0. The molecule has 27 heavy (non-hydrogen) atoms. The van der Waals surface area contributed by atoms with Crippen LogP contribution in [0.2, 0.25) is 0 Å². The van der Waals surface area contributed by atoms with E-state index in [1.165, 1.54) is 12.1 Å². The number of carboxylic acid groups (broad SMARTS) is 1. The van der Waals surface area contributed by atoms with Crippen LogP contribution in [0, 0.1) is 0 Å². The normalized spacial score (nSPS) is 12.9. The minimum Gasteiger partial charge on any atom is -0.508 e. The molecule has 4 N–H and O–H groups in total. The van der Waals surface area contributed by atoms with Crippen LogP contribution in [-0.2, 0) is 4.79 Å². The van der Waals surface area contributed by atoms with Crippen LogP contribution in [0.1, 0.15) is 49.9 Å². The van der Waals surface area contributed by atoms with E-state index in [1.807, 2.05) is 26.0 Å². The van der Waals surface area contributed by atoms with Crippen LogP contribution >= 0.6 is 0 Å². The summed E-state index contributed by atoms with van der Waals surface area (Å²) in [4.78, 5) is 23.6. The molecule has 0 amide bonds. The maximum atomic E-state index is 12.2. The standard InChI is InChI=1S/C21H26O6/c1-14(5-3-7-15(2)13-22)6-4-8-16(21(26)27)11-20(25)18-12-17(23)9-10-19(18)24/h6-7,9-12,22-24H,3-5,8,13H2,1-2H3,(H,26,27)/b14-6+,15-7-,16-11-. The van der Waals surface area contributed by atoms with Gasteiger partial charge in [-0.15, -0.1) is 0 Å². The summed E-state index contributed by atoms with van der Waals surface area (Å²) in [5, 5.41) is 37.4. The van der Waals surface area contributed by atoms with Gasteiger partial charge in [0.15, 0.2) is 5.78 Å². The molecule has 0 unspecified atom stereocenters. The second-order valence-corrected chi connectivity index (χ2v) is 6.38. The lowest BCUT2D eigenvalue weighted by atomic mass is 10.0. The van der Waals surface area contributed by atoms with Crippen molar-refractivity contribution >= 4 is 11.8 Å². The Kier molecular flexibility index (Phi) is 9.02. The highest BCUT2D eigenvalue weighted by Gasteiger charge is 2.14. The topological polar surface area (TPSA) is 115 Å². The summed E-state index contributed by atoms with van der Waals surface area (Å²) in [6, 6.07) is 3.51. The van der Waals surface area contributed by atoms with Gasteiger partial charge in [0.2, 0.25) is 0 Å². The molecular weight excluding hydrogens is 348 g/mol. The number of carboxylic acids is 1. The van der Waals surface area contributed by atoms with E-state index in [1.54, 1.807) is 0 Å². The molecule has 146 valence electrons. The Morgan fingerprint density at radius 3 is 2.26 bits per heavy atom. The van der Waals surface area contributed by atoms with Gasteiger partial charge in [-0.05, 0) is 63.8 Å². The van der Waals surface area contributed by atoms with Crippen molar-refractivity contribution in [2.45, 2.75) is 39.5 Å². The number of benzene rings is 1. The number of hydrogen-bond donors (Lipinski definition) is 4. The van der Waals surface area contributed by atoms with Crippen LogP contribution < -0.4 is 0 Å². The van der Waals surface area contributed by atoms with Gasteiger partial charge in [-0.1, -0.05) is 23.3 Å². The fourth-order valence-corrected chi connectivity index (χ4v) is 2.39. The highest BCUT2D eigenvalue weighted by atomic mass is 16.4. The Hall–Kier alpha value is -2.86. The number of aliphatic hydroxyl groups excluding tert-OH is 1. The van der Waals surface area contributed by atoms with Crippen LogP contribution in [0.3, 0.4) is 0 Å². The number of rotatable bonds is 10. The summed E-state index contributed by atoms with van der Waals surface area (Å²) in [5.74, 6) is -2.38. The molecule has 1 aromatic carbocycles. The maximum Gasteiger partial charge on any atom is 0.331 e. The fourth-order valence-electron chi connectivity index (χ4n) is 2.39. The monoisotopic (exact) mass is 374 g/mol. The molecule has 0 aliphatic heterocycles. The fraction of sp³-hybridized carbons (Fsp3) is 0.333. The van der Waals surface area contributed by atoms with Crippen molar-refractivity contribution in [2.75, 3.05) is 6.61 Å². The number of phenols is 2. The summed E-state index contributed by atoms with van der Waals surface area (Å²) in [7, 11) is 0. The highest BCUT2D eigenvalue weighted by Crippen LogP contribution is 2.23. The Bertz CT molecular complexity index is 771. The smallest absolute Gasteiger partial charge is 0.331 e. The highest BCUT2D eigenvalue weighted by molar-refractivity contribution is 6.10. The summed E-state index contributed by atoms with van der Waals surface area (Å²) in [5.41, 5.74) is 1.79. The number of aliphatic hydroxyl groups is 1. The molecule has 0 atom stereocenters. The Morgan fingerprint density at radius 2 is 1.63 bits per heavy atom. The number of aromatic hydroxyl groups is 2. The molecule has 0 radical (unpaired) electrons. The molecule has 0 spiro atoms. The molecular formula is C21H26O6. The molecule has 0 bridgehead atoms. The predicted octanol–water partition coefficient (Wildman–Crippen LogP) is 3.74. The third kappa shape index (κ3) is 7.92. The third-order valence-corrected chi connectivity index (χ3v) is 4.01. The van der Waals surface area contributed by atoms with E-state index in [9.17, 15) is 24.9 Å². The Labute approximate surface area is 158 Å². The average molecular weight is 374 g/mol. The van der Waals surface area contributed by atoms with Crippen LogP contribution in [0.5, 0.6) is 11.5 Å². The SMILES string of the molecule is C/C(=C/CC/C(C)=C/CC/C(=C/C(=O)c1cc(O)ccc1O)C(=O)O)CO. The van der Waals surface area contributed by atoms with Gasteiger partial charge >= 0.3 is 5.97 Å². The van der Waals surface area contributed by atoms with Crippen LogP contribution in [-0.4, -0.2) is 38.8 Å². The van der Waals surface area contributed by atoms with Crippen LogP contribution in [0.25, 0.3) is 0 Å². The van der Waals surface area contributed by atoms with Crippen molar-refractivity contribution in [1.82, 2.24) is 0 Å². The van der Waals surface area contributed by atoms with E-state index in [0.717, 1.165) is 36.1 Å². The van der Waals surface area contributed by atoms with Crippen molar-refractivity contribution < 1.29 is 30.0 Å². The minimum absolute atomic E-state index is 0.0400. The van der Waals surface area contributed by atoms with E-state index in [-0.39, 0.29) is 35.7 Å². The van der Waals surface area contributed by atoms with E-state index in [2.05, 4.69) is 0 Å². The zero-order chi connectivity index (χ0) is 20.4. The lowest BCUT2D eigenvalue weighted by Gasteiger charge is -2.04. The van der Waals surface area contributed by atoms with E-state index in [0.29, 0.717) is 6.42 Å². The largest absolute Gasteiger partial charge is 0.508 e. The van der Waals surface area contributed by atoms with Crippen LogP contribution in [0.4, 0.5) is 0 Å². The summed E-state index contributed by atoms with van der Waals surface area (Å²) in [6.07, 6.45) is 7.10. The number of aliphatic carboxylic acids is 1. The maximum absolute atomic E-state index is 12.2. The third-order valence-electron chi connectivity index (χ3n) is 4.01. The summed E-state index contributed by atoms with van der Waals surface area (Å²) in [6.45, 7) is 3.84. The quantitative estimate of drug-likeness (QED) is 0.215. The molecule has 0 aromatic heterocycles. The van der Waals surface area contributed by atoms with Gasteiger partial charge in [-0.25, -0.2) is 4.79 Å². The molecule has 6 heteroatoms. The van der Waals surface area contributed by atoms with Crippen molar-refractivity contribution in [3.05, 3.63) is 58.7 Å². The number of phenolic OH excluding ortho intramolecular Hbond substituents is 2. The molecule has 0 heterocycles. The molecule has 0 saturated carbocycles. The second kappa shape index (κ2) is 11.0. The van der Waals surface area contributed by atoms with Gasteiger partial charge in [0.25, 0.3) is 0 Å². The number of ketones is 1. The molecule has 1 aromatic rings. The number of hydrogen-bond acceptors (Lipinski definition) is 5. The number of carbonyl (C=O) groups is 2. The molecule has 1 rings (SSSR count). The zero-order valence-electron chi connectivity index (χ0n) is 15.6. The average Bonchev–Trinajstić information content (AvgIpc) is 2.62. The molecule has 0 aliphatic rings. The zero-order valence-corrected chi connectivity index (χ0v) is 15.6. The first-order valence-electron chi connectivity index (χ1n) is 8.67. The van der Waals surface area contributed by atoms with Crippen LogP contribution in [0.15, 0.2) is 53.1 Å². The van der Waals surface area contributed by atoms with Gasteiger partial charge in [-0.2, -0.15) is 0 Å². The second-order valence-electron chi connectivity index (χ2n) is 6.38. The predicted molar refractivity (Wildman–Crippen MR) is 103 cm³/mol. The van der Waals surface area contributed by atoms with E-state index in [4.69, 9.17) is 5.11 Å². The first-order chi connectivity index (χ1) is 12.7. The minimum atomic E-state index is -1.20. The Balaban J connectivity index is 2.75. The molecule has 6 nitrogen and oxygen atoms in total. The lowest BCUT2D eigenvalue weighted by molar-refractivity contribution is -0.132. The van der Waals surface area contributed by atoms with Gasteiger partial charge in [0.1, 0.15) is 11.5 Å².